The highest BCUT2D eigenvalue weighted by molar-refractivity contribution is 9.10. The predicted octanol–water partition coefficient (Wildman–Crippen LogP) is 2.20. The first-order valence-electron chi connectivity index (χ1n) is 9.43. The van der Waals surface area contributed by atoms with E-state index in [0.29, 0.717) is 30.1 Å². The molecule has 30 heavy (non-hydrogen) atoms. The summed E-state index contributed by atoms with van der Waals surface area (Å²) in [5, 5.41) is 8.18. The van der Waals surface area contributed by atoms with Crippen molar-refractivity contribution in [2.75, 3.05) is 13.1 Å². The van der Waals surface area contributed by atoms with Crippen molar-refractivity contribution < 1.29 is 14.4 Å². The Morgan fingerprint density at radius 3 is 2.87 bits per heavy atom. The van der Waals surface area contributed by atoms with E-state index in [4.69, 9.17) is 5.73 Å². The Labute approximate surface area is 185 Å². The molecule has 0 radical (unpaired) electrons. The first-order chi connectivity index (χ1) is 14.3. The van der Waals surface area contributed by atoms with Crippen molar-refractivity contribution in [1.82, 2.24) is 20.0 Å². The number of nitrogens with two attached hydrogens (primary N) is 1. The second-order valence-corrected chi connectivity index (χ2v) is 9.14. The molecule has 0 bridgehead atoms. The van der Waals surface area contributed by atoms with Gasteiger partial charge in [-0.25, -0.2) is 0 Å². The summed E-state index contributed by atoms with van der Waals surface area (Å²) in [7, 11) is 1.71. The Morgan fingerprint density at radius 2 is 2.10 bits per heavy atom. The molecule has 1 aromatic carbocycles. The lowest BCUT2D eigenvalue weighted by Crippen LogP contribution is -2.37. The van der Waals surface area contributed by atoms with Gasteiger partial charge >= 0.3 is 0 Å². The molecule has 1 aliphatic heterocycles. The summed E-state index contributed by atoms with van der Waals surface area (Å²) in [5.41, 5.74) is 7.11. The average molecular weight is 490 g/mol. The standard InChI is InChI=1S/C20H20BrN5O3S/c1-25-18(19(28)23-6-4-17(22)27)13-10-26(7-5-14(13)24-25)20(29)16-8-11-2-3-12(21)9-15(11)30-16/h2-3,8-9H,4-7,10H2,1H3,(H2,22,27)(H,23,28). The smallest absolute Gasteiger partial charge is 0.269 e. The van der Waals surface area contributed by atoms with Crippen LogP contribution < -0.4 is 11.1 Å². The van der Waals surface area contributed by atoms with Crippen LogP contribution in [-0.4, -0.2) is 45.5 Å². The number of primary amides is 1. The Kier molecular flexibility index (Phi) is 5.61. The molecule has 156 valence electrons. The SMILES string of the molecule is Cn1nc2c(c1C(=O)NCCC(N)=O)CN(C(=O)c1cc3ccc(Br)cc3s1)CC2. The summed E-state index contributed by atoms with van der Waals surface area (Å²) < 4.78 is 3.55. The van der Waals surface area contributed by atoms with Crippen molar-refractivity contribution in [3.05, 3.63) is 50.6 Å². The zero-order chi connectivity index (χ0) is 21.4. The molecular weight excluding hydrogens is 470 g/mol. The molecule has 0 fully saturated rings. The second kappa shape index (κ2) is 8.19. The normalized spacial score (nSPS) is 13.3. The third kappa shape index (κ3) is 3.97. The fraction of sp³-hybridized carbons (Fsp3) is 0.300. The van der Waals surface area contributed by atoms with E-state index in [1.54, 1.807) is 11.9 Å². The first-order valence-corrected chi connectivity index (χ1v) is 11.0. The maximum atomic E-state index is 13.1. The highest BCUT2D eigenvalue weighted by Gasteiger charge is 2.30. The number of aromatic nitrogens is 2. The molecule has 10 heteroatoms. The van der Waals surface area contributed by atoms with E-state index in [-0.39, 0.29) is 24.8 Å². The van der Waals surface area contributed by atoms with Crippen molar-refractivity contribution in [1.29, 1.82) is 0 Å². The third-order valence-electron chi connectivity index (χ3n) is 5.05. The lowest BCUT2D eigenvalue weighted by molar-refractivity contribution is -0.117. The van der Waals surface area contributed by atoms with Crippen LogP contribution in [-0.2, 0) is 24.8 Å². The number of carbonyl (C=O) groups is 3. The lowest BCUT2D eigenvalue weighted by Gasteiger charge is -2.26. The summed E-state index contributed by atoms with van der Waals surface area (Å²) >= 11 is 4.92. The highest BCUT2D eigenvalue weighted by Crippen LogP contribution is 2.31. The molecule has 3 amide bonds. The number of benzene rings is 1. The molecule has 0 unspecified atom stereocenters. The number of amides is 3. The minimum atomic E-state index is -0.477. The zero-order valence-corrected chi connectivity index (χ0v) is 18.7. The van der Waals surface area contributed by atoms with Crippen LogP contribution in [0.4, 0.5) is 0 Å². The number of nitrogens with one attached hydrogen (secondary N) is 1. The van der Waals surface area contributed by atoms with Gasteiger partial charge in [0.05, 0.1) is 17.1 Å². The summed E-state index contributed by atoms with van der Waals surface area (Å²) in [6.45, 7) is 1.02. The summed E-state index contributed by atoms with van der Waals surface area (Å²) in [4.78, 5) is 39.1. The van der Waals surface area contributed by atoms with E-state index in [1.807, 2.05) is 24.3 Å². The van der Waals surface area contributed by atoms with Crippen LogP contribution in [0, 0.1) is 0 Å². The molecule has 0 aliphatic carbocycles. The molecule has 3 heterocycles. The highest BCUT2D eigenvalue weighted by atomic mass is 79.9. The molecule has 3 N–H and O–H groups in total. The van der Waals surface area contributed by atoms with E-state index in [9.17, 15) is 14.4 Å². The van der Waals surface area contributed by atoms with E-state index in [1.165, 1.54) is 16.0 Å². The number of carbonyl (C=O) groups excluding carboxylic acids is 3. The van der Waals surface area contributed by atoms with Crippen molar-refractivity contribution in [2.24, 2.45) is 12.8 Å². The van der Waals surface area contributed by atoms with Gasteiger partial charge in [-0.2, -0.15) is 5.10 Å². The van der Waals surface area contributed by atoms with Crippen LogP contribution in [0.25, 0.3) is 10.1 Å². The van der Waals surface area contributed by atoms with Crippen LogP contribution in [0.15, 0.2) is 28.7 Å². The van der Waals surface area contributed by atoms with Gasteiger partial charge in [0, 0.05) is 47.7 Å². The Hall–Kier alpha value is -2.72. The predicted molar refractivity (Wildman–Crippen MR) is 117 cm³/mol. The van der Waals surface area contributed by atoms with Gasteiger partial charge in [-0.15, -0.1) is 11.3 Å². The van der Waals surface area contributed by atoms with Gasteiger partial charge < -0.3 is 16.0 Å². The first kappa shape index (κ1) is 20.5. The van der Waals surface area contributed by atoms with Crippen LogP contribution in [0.1, 0.15) is 37.8 Å². The fourth-order valence-corrected chi connectivity index (χ4v) is 5.19. The molecular formula is C20H20BrN5O3S. The van der Waals surface area contributed by atoms with E-state index in [0.717, 1.165) is 25.8 Å². The van der Waals surface area contributed by atoms with Gasteiger partial charge in [0.1, 0.15) is 5.69 Å². The topological polar surface area (TPSA) is 110 Å². The summed E-state index contributed by atoms with van der Waals surface area (Å²) in [6.07, 6.45) is 0.651. The molecule has 2 aromatic heterocycles. The van der Waals surface area contributed by atoms with Crippen molar-refractivity contribution in [3.8, 4) is 0 Å². The van der Waals surface area contributed by atoms with Crippen molar-refractivity contribution >= 4 is 55.1 Å². The quantitative estimate of drug-likeness (QED) is 0.572. The zero-order valence-electron chi connectivity index (χ0n) is 16.3. The van der Waals surface area contributed by atoms with Gasteiger partial charge in [0.2, 0.25) is 5.91 Å². The second-order valence-electron chi connectivity index (χ2n) is 7.14. The third-order valence-corrected chi connectivity index (χ3v) is 6.63. The number of fused-ring (bicyclic) bond motifs is 2. The number of halogens is 1. The maximum absolute atomic E-state index is 13.1. The minimum Gasteiger partial charge on any atom is -0.370 e. The average Bonchev–Trinajstić information content (AvgIpc) is 3.25. The summed E-state index contributed by atoms with van der Waals surface area (Å²) in [5.74, 6) is -0.857. The summed E-state index contributed by atoms with van der Waals surface area (Å²) in [6, 6.07) is 7.84. The molecule has 4 rings (SSSR count). The van der Waals surface area contributed by atoms with Crippen LogP contribution in [0.3, 0.4) is 0 Å². The molecule has 0 saturated heterocycles. The maximum Gasteiger partial charge on any atom is 0.269 e. The van der Waals surface area contributed by atoms with Crippen molar-refractivity contribution in [3.63, 3.8) is 0 Å². The molecule has 3 aromatic rings. The number of rotatable bonds is 5. The van der Waals surface area contributed by atoms with Crippen molar-refractivity contribution in [2.45, 2.75) is 19.4 Å². The fourth-order valence-electron chi connectivity index (χ4n) is 3.61. The van der Waals surface area contributed by atoms with Crippen LogP contribution >= 0.6 is 27.3 Å². The lowest BCUT2D eigenvalue weighted by atomic mass is 10.0. The Bertz CT molecular complexity index is 1170. The van der Waals surface area contributed by atoms with Gasteiger partial charge in [-0.3, -0.25) is 19.1 Å². The van der Waals surface area contributed by atoms with Crippen LogP contribution in [0.2, 0.25) is 0 Å². The molecule has 1 aliphatic rings. The molecule has 0 saturated carbocycles. The number of thiophene rings is 1. The van der Waals surface area contributed by atoms with E-state index in [2.05, 4.69) is 26.3 Å². The number of hydrogen-bond donors (Lipinski definition) is 2. The van der Waals surface area contributed by atoms with Gasteiger partial charge in [-0.1, -0.05) is 22.0 Å². The Morgan fingerprint density at radius 1 is 1.30 bits per heavy atom. The van der Waals surface area contributed by atoms with E-state index >= 15 is 0 Å². The number of hydrogen-bond acceptors (Lipinski definition) is 5. The van der Waals surface area contributed by atoms with Crippen LogP contribution in [0.5, 0.6) is 0 Å². The van der Waals surface area contributed by atoms with E-state index < -0.39 is 5.91 Å². The minimum absolute atomic E-state index is 0.0538. The van der Waals surface area contributed by atoms with Gasteiger partial charge in [0.25, 0.3) is 11.8 Å². The Balaban J connectivity index is 1.55. The largest absolute Gasteiger partial charge is 0.370 e. The molecule has 0 atom stereocenters. The molecule has 0 spiro atoms. The van der Waals surface area contributed by atoms with Gasteiger partial charge in [0.15, 0.2) is 0 Å². The van der Waals surface area contributed by atoms with Gasteiger partial charge in [-0.05, 0) is 23.6 Å². The monoisotopic (exact) mass is 489 g/mol. The number of aryl methyl sites for hydroxylation is 1. The number of nitrogens with zero attached hydrogens (tertiary/aromatic N) is 3. The molecule has 8 nitrogen and oxygen atoms in total.